The Hall–Kier alpha value is -1.32. The number of hydrogen-bond donors (Lipinski definition) is 1. The molecule has 0 heterocycles. The smallest absolute Gasteiger partial charge is 0.145 e. The SMILES string of the molecule is Oc1cc(F)c(Cl)cc1-c1ccc(F)c(Cl)c1. The van der Waals surface area contributed by atoms with E-state index in [9.17, 15) is 13.9 Å². The number of hydrogen-bond acceptors (Lipinski definition) is 1. The van der Waals surface area contributed by atoms with Crippen LogP contribution in [0.25, 0.3) is 11.1 Å². The van der Waals surface area contributed by atoms with E-state index in [2.05, 4.69) is 0 Å². The van der Waals surface area contributed by atoms with Gasteiger partial charge in [-0.05, 0) is 23.8 Å². The van der Waals surface area contributed by atoms with Gasteiger partial charge in [0.2, 0.25) is 0 Å². The van der Waals surface area contributed by atoms with Crippen molar-refractivity contribution in [1.82, 2.24) is 0 Å². The molecule has 1 N–H and O–H groups in total. The van der Waals surface area contributed by atoms with Crippen LogP contribution < -0.4 is 0 Å². The normalized spacial score (nSPS) is 10.6. The summed E-state index contributed by atoms with van der Waals surface area (Å²) in [6, 6.07) is 6.07. The van der Waals surface area contributed by atoms with Gasteiger partial charge >= 0.3 is 0 Å². The molecule has 0 aliphatic heterocycles. The Morgan fingerprint density at radius 1 is 0.882 bits per heavy atom. The largest absolute Gasteiger partial charge is 0.507 e. The van der Waals surface area contributed by atoms with Gasteiger partial charge in [0.1, 0.15) is 17.4 Å². The van der Waals surface area contributed by atoms with Gasteiger partial charge in [-0.25, -0.2) is 8.78 Å². The van der Waals surface area contributed by atoms with Crippen LogP contribution in [0.1, 0.15) is 0 Å². The van der Waals surface area contributed by atoms with Gasteiger partial charge in [0, 0.05) is 11.6 Å². The molecular formula is C12H6Cl2F2O. The summed E-state index contributed by atoms with van der Waals surface area (Å²) in [6.45, 7) is 0. The van der Waals surface area contributed by atoms with E-state index in [1.54, 1.807) is 0 Å². The van der Waals surface area contributed by atoms with E-state index in [-0.39, 0.29) is 15.8 Å². The summed E-state index contributed by atoms with van der Waals surface area (Å²) in [5.74, 6) is -1.57. The zero-order valence-corrected chi connectivity index (χ0v) is 9.86. The third kappa shape index (κ3) is 2.35. The molecule has 0 amide bonds. The Morgan fingerprint density at radius 3 is 2.18 bits per heavy atom. The molecule has 0 radical (unpaired) electrons. The van der Waals surface area contributed by atoms with Crippen LogP contribution in [0.4, 0.5) is 8.78 Å². The first kappa shape index (κ1) is 12.1. The van der Waals surface area contributed by atoms with Crippen molar-refractivity contribution in [1.29, 1.82) is 0 Å². The van der Waals surface area contributed by atoms with Gasteiger partial charge in [0.25, 0.3) is 0 Å². The Kier molecular flexibility index (Phi) is 3.22. The lowest BCUT2D eigenvalue weighted by atomic mass is 10.0. The fraction of sp³-hybridized carbons (Fsp3) is 0. The number of halogens is 4. The first-order valence-electron chi connectivity index (χ1n) is 4.62. The monoisotopic (exact) mass is 274 g/mol. The van der Waals surface area contributed by atoms with Crippen molar-refractivity contribution in [3.05, 3.63) is 52.0 Å². The average Bonchev–Trinajstić information content (AvgIpc) is 2.27. The third-order valence-corrected chi connectivity index (χ3v) is 2.85. The average molecular weight is 275 g/mol. The number of phenols is 1. The molecule has 0 aromatic heterocycles. The molecule has 0 spiro atoms. The van der Waals surface area contributed by atoms with Crippen molar-refractivity contribution in [2.45, 2.75) is 0 Å². The van der Waals surface area contributed by atoms with E-state index in [1.807, 2.05) is 0 Å². The maximum atomic E-state index is 13.0. The lowest BCUT2D eigenvalue weighted by molar-refractivity contribution is 0.471. The summed E-state index contributed by atoms with van der Waals surface area (Å²) in [5.41, 5.74) is 0.745. The van der Waals surface area contributed by atoms with Crippen LogP contribution in [0.3, 0.4) is 0 Å². The molecule has 2 aromatic rings. The van der Waals surface area contributed by atoms with Crippen molar-refractivity contribution in [3.8, 4) is 16.9 Å². The van der Waals surface area contributed by atoms with Gasteiger partial charge in [0.15, 0.2) is 0 Å². The molecule has 0 fully saturated rings. The first-order chi connectivity index (χ1) is 7.99. The zero-order valence-electron chi connectivity index (χ0n) is 8.35. The topological polar surface area (TPSA) is 20.2 Å². The first-order valence-corrected chi connectivity index (χ1v) is 5.38. The fourth-order valence-corrected chi connectivity index (χ4v) is 1.78. The highest BCUT2D eigenvalue weighted by Crippen LogP contribution is 2.34. The molecule has 0 saturated heterocycles. The molecule has 0 unspecified atom stereocenters. The molecule has 0 aliphatic carbocycles. The minimum absolute atomic E-state index is 0.0812. The van der Waals surface area contributed by atoms with Crippen molar-refractivity contribution in [2.24, 2.45) is 0 Å². The minimum Gasteiger partial charge on any atom is -0.507 e. The lowest BCUT2D eigenvalue weighted by Crippen LogP contribution is -1.85. The van der Waals surface area contributed by atoms with Gasteiger partial charge in [-0.3, -0.25) is 0 Å². The second kappa shape index (κ2) is 4.51. The second-order valence-corrected chi connectivity index (χ2v) is 4.23. The van der Waals surface area contributed by atoms with Crippen LogP contribution in [0.5, 0.6) is 5.75 Å². The summed E-state index contributed by atoms with van der Waals surface area (Å²) in [7, 11) is 0. The Labute approximate surface area is 106 Å². The molecule has 0 aliphatic rings. The van der Waals surface area contributed by atoms with Crippen molar-refractivity contribution < 1.29 is 13.9 Å². The molecule has 0 atom stereocenters. The van der Waals surface area contributed by atoms with E-state index < -0.39 is 11.6 Å². The summed E-state index contributed by atoms with van der Waals surface area (Å²) < 4.78 is 26.0. The van der Waals surface area contributed by atoms with E-state index >= 15 is 0 Å². The van der Waals surface area contributed by atoms with E-state index in [0.717, 1.165) is 12.1 Å². The summed E-state index contributed by atoms with van der Waals surface area (Å²) in [6.07, 6.45) is 0. The van der Waals surface area contributed by atoms with Gasteiger partial charge in [-0.15, -0.1) is 0 Å². The van der Waals surface area contributed by atoms with Crippen molar-refractivity contribution >= 4 is 23.2 Å². The van der Waals surface area contributed by atoms with E-state index in [1.165, 1.54) is 18.2 Å². The van der Waals surface area contributed by atoms with Crippen LogP contribution in [0, 0.1) is 11.6 Å². The molecule has 0 saturated carbocycles. The lowest BCUT2D eigenvalue weighted by Gasteiger charge is -2.07. The van der Waals surface area contributed by atoms with Crippen LogP contribution in [-0.2, 0) is 0 Å². The predicted octanol–water partition coefficient (Wildman–Crippen LogP) is 4.64. The van der Waals surface area contributed by atoms with Crippen LogP contribution in [-0.4, -0.2) is 5.11 Å². The molecule has 17 heavy (non-hydrogen) atoms. The third-order valence-electron chi connectivity index (χ3n) is 2.27. The standard InChI is InChI=1S/C12H6Cl2F2O/c13-8-3-6(1-2-10(8)15)7-4-9(14)11(16)5-12(7)17/h1-5,17H. The minimum atomic E-state index is -0.721. The molecule has 1 nitrogen and oxygen atoms in total. The van der Waals surface area contributed by atoms with Crippen LogP contribution in [0.2, 0.25) is 10.0 Å². The number of aromatic hydroxyl groups is 1. The summed E-state index contributed by atoms with van der Waals surface area (Å²) in [5, 5.41) is 9.39. The number of phenolic OH excluding ortho intramolecular Hbond substituents is 1. The van der Waals surface area contributed by atoms with Crippen LogP contribution >= 0.6 is 23.2 Å². The highest BCUT2D eigenvalue weighted by atomic mass is 35.5. The van der Waals surface area contributed by atoms with E-state index in [0.29, 0.717) is 11.1 Å². The van der Waals surface area contributed by atoms with Gasteiger partial charge in [-0.1, -0.05) is 29.3 Å². The van der Waals surface area contributed by atoms with Gasteiger partial charge in [0.05, 0.1) is 10.0 Å². The molecule has 2 aromatic carbocycles. The van der Waals surface area contributed by atoms with Crippen LogP contribution in [0.15, 0.2) is 30.3 Å². The molecule has 88 valence electrons. The fourth-order valence-electron chi connectivity index (χ4n) is 1.43. The Bertz CT molecular complexity index is 585. The van der Waals surface area contributed by atoms with Gasteiger partial charge < -0.3 is 5.11 Å². The second-order valence-electron chi connectivity index (χ2n) is 3.41. The molecule has 2 rings (SSSR count). The zero-order chi connectivity index (χ0) is 12.6. The number of benzene rings is 2. The molecular weight excluding hydrogens is 269 g/mol. The Morgan fingerprint density at radius 2 is 1.53 bits per heavy atom. The summed E-state index contributed by atoms with van der Waals surface area (Å²) in [4.78, 5) is 0. The predicted molar refractivity (Wildman–Crippen MR) is 63.5 cm³/mol. The molecule has 5 heteroatoms. The maximum Gasteiger partial charge on any atom is 0.145 e. The molecule has 0 bridgehead atoms. The van der Waals surface area contributed by atoms with E-state index in [4.69, 9.17) is 23.2 Å². The van der Waals surface area contributed by atoms with Crippen molar-refractivity contribution in [2.75, 3.05) is 0 Å². The van der Waals surface area contributed by atoms with Crippen molar-refractivity contribution in [3.63, 3.8) is 0 Å². The quantitative estimate of drug-likeness (QED) is 0.803. The Balaban J connectivity index is 2.60. The summed E-state index contributed by atoms with van der Waals surface area (Å²) >= 11 is 11.2. The number of rotatable bonds is 1. The van der Waals surface area contributed by atoms with Gasteiger partial charge in [-0.2, -0.15) is 0 Å². The highest BCUT2D eigenvalue weighted by Gasteiger charge is 2.11. The highest BCUT2D eigenvalue weighted by molar-refractivity contribution is 6.31. The maximum absolute atomic E-state index is 13.0.